The Kier molecular flexibility index (Phi) is 4.02. The Bertz CT molecular complexity index is 552. The molecular weight excluding hydrogens is 244 g/mol. The summed E-state index contributed by atoms with van der Waals surface area (Å²) < 4.78 is 5.20. The van der Waals surface area contributed by atoms with Crippen molar-refractivity contribution in [3.8, 4) is 0 Å². The van der Waals surface area contributed by atoms with Gasteiger partial charge in [0.2, 0.25) is 5.91 Å². The smallest absolute Gasteiger partial charge is 0.224 e. The average molecular weight is 260 g/mol. The number of hydrogen-bond acceptors (Lipinski definition) is 5. The first-order valence-electron chi connectivity index (χ1n) is 6.01. The summed E-state index contributed by atoms with van der Waals surface area (Å²) in [6.07, 6.45) is 2.01. The zero-order chi connectivity index (χ0) is 13.7. The lowest BCUT2D eigenvalue weighted by atomic mass is 10.3. The van der Waals surface area contributed by atoms with Crippen LogP contribution in [-0.4, -0.2) is 10.9 Å². The summed E-state index contributed by atoms with van der Waals surface area (Å²) in [7, 11) is 0. The Hall–Kier alpha value is -2.50. The zero-order valence-electron chi connectivity index (χ0n) is 10.6. The molecule has 1 amide bonds. The molecule has 0 radical (unpaired) electrons. The second-order valence-electron chi connectivity index (χ2n) is 3.96. The predicted molar refractivity (Wildman–Crippen MR) is 73.6 cm³/mol. The monoisotopic (exact) mass is 260 g/mol. The van der Waals surface area contributed by atoms with Crippen LogP contribution in [-0.2, 0) is 11.3 Å². The number of nitrogens with zero attached hydrogens (tertiary/aromatic N) is 1. The fraction of sp³-hybridized carbons (Fsp3) is 0.231. The molecule has 2 rings (SSSR count). The number of nitrogen functional groups attached to an aromatic ring is 1. The Morgan fingerprint density at radius 3 is 2.89 bits per heavy atom. The minimum absolute atomic E-state index is 0.0928. The molecule has 0 spiro atoms. The molecule has 0 aliphatic heterocycles. The number of anilines is 3. The molecule has 2 aromatic rings. The van der Waals surface area contributed by atoms with E-state index in [0.29, 0.717) is 24.5 Å². The van der Waals surface area contributed by atoms with Crippen molar-refractivity contribution in [2.24, 2.45) is 0 Å². The largest absolute Gasteiger partial charge is 0.467 e. The lowest BCUT2D eigenvalue weighted by Crippen LogP contribution is -2.12. The van der Waals surface area contributed by atoms with Gasteiger partial charge >= 0.3 is 0 Å². The maximum atomic E-state index is 11.3. The van der Waals surface area contributed by atoms with E-state index in [4.69, 9.17) is 10.2 Å². The highest BCUT2D eigenvalue weighted by molar-refractivity contribution is 5.93. The van der Waals surface area contributed by atoms with E-state index in [-0.39, 0.29) is 11.7 Å². The maximum absolute atomic E-state index is 11.3. The van der Waals surface area contributed by atoms with E-state index >= 15 is 0 Å². The Morgan fingerprint density at radius 1 is 1.42 bits per heavy atom. The number of nitrogens with two attached hydrogens (primary N) is 1. The van der Waals surface area contributed by atoms with Crippen LogP contribution in [0.3, 0.4) is 0 Å². The first-order valence-corrected chi connectivity index (χ1v) is 6.01. The van der Waals surface area contributed by atoms with Crippen molar-refractivity contribution in [3.63, 3.8) is 0 Å². The summed E-state index contributed by atoms with van der Waals surface area (Å²) in [6, 6.07) is 7.17. The maximum Gasteiger partial charge on any atom is 0.224 e. The number of amides is 1. The van der Waals surface area contributed by atoms with E-state index < -0.39 is 0 Å². The molecule has 4 N–H and O–H groups in total. The number of carbonyl (C=O) groups is 1. The van der Waals surface area contributed by atoms with Gasteiger partial charge in [-0.15, -0.1) is 0 Å². The number of hydrogen-bond donors (Lipinski definition) is 3. The van der Waals surface area contributed by atoms with Crippen LogP contribution in [0.4, 0.5) is 17.3 Å². The second kappa shape index (κ2) is 5.90. The molecule has 0 saturated carbocycles. The van der Waals surface area contributed by atoms with Gasteiger partial charge in [0, 0.05) is 6.42 Å². The van der Waals surface area contributed by atoms with Crippen LogP contribution in [0.2, 0.25) is 0 Å². The first kappa shape index (κ1) is 12.9. The first-order chi connectivity index (χ1) is 9.19. The molecule has 0 aliphatic rings. The highest BCUT2D eigenvalue weighted by Gasteiger charge is 2.05. The fourth-order valence-corrected chi connectivity index (χ4v) is 1.51. The topological polar surface area (TPSA) is 93.2 Å². The summed E-state index contributed by atoms with van der Waals surface area (Å²) in [5.41, 5.74) is 6.31. The summed E-state index contributed by atoms with van der Waals surface area (Å²) in [6.45, 7) is 2.30. The molecule has 0 fully saturated rings. The molecule has 0 atom stereocenters. The molecule has 0 saturated heterocycles. The standard InChI is InChI=1S/C13H16N4O2/c1-2-12(18)16-10-5-6-11(17-13(10)14)15-8-9-4-3-7-19-9/h3-7H,2,8H2,1H3,(H,16,18)(H3,14,15,17). The predicted octanol–water partition coefficient (Wildman–Crippen LogP) is 2.22. The van der Waals surface area contributed by atoms with E-state index in [1.54, 1.807) is 25.3 Å². The minimum Gasteiger partial charge on any atom is -0.467 e. The van der Waals surface area contributed by atoms with Gasteiger partial charge < -0.3 is 20.8 Å². The summed E-state index contributed by atoms with van der Waals surface area (Å²) in [5.74, 6) is 1.63. The van der Waals surface area contributed by atoms with Crippen LogP contribution in [0.25, 0.3) is 0 Å². The normalized spacial score (nSPS) is 10.2. The molecule has 0 aromatic carbocycles. The van der Waals surface area contributed by atoms with E-state index in [2.05, 4.69) is 15.6 Å². The van der Waals surface area contributed by atoms with Gasteiger partial charge in [0.15, 0.2) is 0 Å². The van der Waals surface area contributed by atoms with Crippen LogP contribution in [0.15, 0.2) is 34.9 Å². The summed E-state index contributed by atoms with van der Waals surface area (Å²) in [5, 5.41) is 5.77. The van der Waals surface area contributed by atoms with Gasteiger partial charge in [-0.05, 0) is 24.3 Å². The number of nitrogens with one attached hydrogen (secondary N) is 2. The third-order valence-corrected chi connectivity index (χ3v) is 2.54. The van der Waals surface area contributed by atoms with Crippen molar-refractivity contribution in [1.82, 2.24) is 4.98 Å². The van der Waals surface area contributed by atoms with E-state index in [1.807, 2.05) is 12.1 Å². The summed E-state index contributed by atoms with van der Waals surface area (Å²) in [4.78, 5) is 15.4. The Balaban J connectivity index is 2.00. The summed E-state index contributed by atoms with van der Waals surface area (Å²) >= 11 is 0. The molecular formula is C13H16N4O2. The molecule has 2 aromatic heterocycles. The molecule has 6 heteroatoms. The third kappa shape index (κ3) is 3.48. The quantitative estimate of drug-likeness (QED) is 0.766. The van der Waals surface area contributed by atoms with Gasteiger partial charge in [-0.3, -0.25) is 4.79 Å². The number of carbonyl (C=O) groups excluding carboxylic acids is 1. The van der Waals surface area contributed by atoms with Gasteiger partial charge in [0.1, 0.15) is 17.4 Å². The van der Waals surface area contributed by atoms with Crippen molar-refractivity contribution >= 4 is 23.2 Å². The van der Waals surface area contributed by atoms with Crippen LogP contribution in [0, 0.1) is 0 Å². The van der Waals surface area contributed by atoms with E-state index in [9.17, 15) is 4.79 Å². The third-order valence-electron chi connectivity index (χ3n) is 2.54. The van der Waals surface area contributed by atoms with Gasteiger partial charge in [0.25, 0.3) is 0 Å². The molecule has 100 valence electrons. The molecule has 0 bridgehead atoms. The van der Waals surface area contributed by atoms with Crippen LogP contribution >= 0.6 is 0 Å². The molecule has 0 aliphatic carbocycles. The van der Waals surface area contributed by atoms with Crippen LogP contribution in [0.1, 0.15) is 19.1 Å². The number of furan rings is 1. The molecule has 2 heterocycles. The molecule has 0 unspecified atom stereocenters. The van der Waals surface area contributed by atoms with Gasteiger partial charge in [-0.1, -0.05) is 6.92 Å². The Labute approximate surface area is 111 Å². The lowest BCUT2D eigenvalue weighted by molar-refractivity contribution is -0.115. The van der Waals surface area contributed by atoms with Gasteiger partial charge in [0.05, 0.1) is 18.5 Å². The highest BCUT2D eigenvalue weighted by Crippen LogP contribution is 2.19. The van der Waals surface area contributed by atoms with Crippen molar-refractivity contribution in [3.05, 3.63) is 36.3 Å². The lowest BCUT2D eigenvalue weighted by Gasteiger charge is -2.09. The van der Waals surface area contributed by atoms with Crippen molar-refractivity contribution < 1.29 is 9.21 Å². The molecule has 19 heavy (non-hydrogen) atoms. The minimum atomic E-state index is -0.0928. The van der Waals surface area contributed by atoms with Crippen LogP contribution < -0.4 is 16.4 Å². The van der Waals surface area contributed by atoms with Gasteiger partial charge in [-0.25, -0.2) is 4.98 Å². The van der Waals surface area contributed by atoms with Gasteiger partial charge in [-0.2, -0.15) is 0 Å². The Morgan fingerprint density at radius 2 is 2.26 bits per heavy atom. The number of pyridine rings is 1. The fourth-order valence-electron chi connectivity index (χ4n) is 1.51. The second-order valence-corrected chi connectivity index (χ2v) is 3.96. The van der Waals surface area contributed by atoms with Crippen molar-refractivity contribution in [2.75, 3.05) is 16.4 Å². The van der Waals surface area contributed by atoms with Crippen molar-refractivity contribution in [2.45, 2.75) is 19.9 Å². The average Bonchev–Trinajstić information content (AvgIpc) is 2.92. The zero-order valence-corrected chi connectivity index (χ0v) is 10.6. The van der Waals surface area contributed by atoms with Crippen molar-refractivity contribution in [1.29, 1.82) is 0 Å². The molecule has 6 nitrogen and oxygen atoms in total. The number of rotatable bonds is 5. The number of aromatic nitrogens is 1. The highest BCUT2D eigenvalue weighted by atomic mass is 16.3. The SMILES string of the molecule is CCC(=O)Nc1ccc(NCc2ccco2)nc1N. The van der Waals surface area contributed by atoms with E-state index in [0.717, 1.165) is 5.76 Å². The van der Waals surface area contributed by atoms with Crippen LogP contribution in [0.5, 0.6) is 0 Å². The van der Waals surface area contributed by atoms with E-state index in [1.165, 1.54) is 0 Å².